The molecule has 0 bridgehead atoms. The molecule has 25 heavy (non-hydrogen) atoms. The predicted molar refractivity (Wildman–Crippen MR) is 92.5 cm³/mol. The molecule has 0 saturated carbocycles. The van der Waals surface area contributed by atoms with Gasteiger partial charge in [-0.15, -0.1) is 0 Å². The minimum Gasteiger partial charge on any atom is -0.493 e. The Kier molecular flexibility index (Phi) is 4.79. The van der Waals surface area contributed by atoms with Gasteiger partial charge in [0.15, 0.2) is 0 Å². The summed E-state index contributed by atoms with van der Waals surface area (Å²) in [5, 5.41) is 5.70. The molecule has 6 nitrogen and oxygen atoms in total. The number of carbonyl (C=O) groups is 2. The molecule has 1 aromatic heterocycles. The highest BCUT2D eigenvalue weighted by molar-refractivity contribution is 5.97. The summed E-state index contributed by atoms with van der Waals surface area (Å²) in [5.74, 6) is 0.279. The summed E-state index contributed by atoms with van der Waals surface area (Å²) in [6.45, 7) is 6.24. The lowest BCUT2D eigenvalue weighted by molar-refractivity contribution is -0.123. The van der Waals surface area contributed by atoms with Crippen LogP contribution in [0.1, 0.15) is 46.4 Å². The zero-order chi connectivity index (χ0) is 18.0. The molecule has 1 aliphatic rings. The number of rotatable bonds is 4. The van der Waals surface area contributed by atoms with Gasteiger partial charge in [0.1, 0.15) is 18.1 Å². The minimum absolute atomic E-state index is 0.122. The van der Waals surface area contributed by atoms with E-state index in [2.05, 4.69) is 16.7 Å². The van der Waals surface area contributed by atoms with Crippen molar-refractivity contribution in [3.8, 4) is 5.75 Å². The Hall–Kier alpha value is -2.76. The van der Waals surface area contributed by atoms with Crippen molar-refractivity contribution >= 4 is 11.8 Å². The van der Waals surface area contributed by atoms with Gasteiger partial charge >= 0.3 is 0 Å². The zero-order valence-electron chi connectivity index (χ0n) is 14.6. The first-order valence-electron chi connectivity index (χ1n) is 8.33. The monoisotopic (exact) mass is 342 g/mol. The van der Waals surface area contributed by atoms with Gasteiger partial charge in [-0.25, -0.2) is 0 Å². The van der Waals surface area contributed by atoms with Gasteiger partial charge in [0.2, 0.25) is 5.91 Å². The third-order valence-corrected chi connectivity index (χ3v) is 4.32. The first kappa shape index (κ1) is 17.1. The topological polar surface area (TPSA) is 80.6 Å². The molecule has 0 unspecified atom stereocenters. The van der Waals surface area contributed by atoms with Crippen LogP contribution in [0.25, 0.3) is 0 Å². The van der Waals surface area contributed by atoms with E-state index < -0.39 is 6.04 Å². The Morgan fingerprint density at radius 1 is 1.28 bits per heavy atom. The standard InChI is InChI=1S/C19H22N2O4/c1-11-8-12(2)17-15(9-11)16(5-7-25-17)21-18(22)13(3)20-19(23)14-4-6-24-10-14/h4,6,8-10,13,16H,5,7H2,1-3H3,(H,20,23)(H,21,22)/t13-,16+/m1/s1. The van der Waals surface area contributed by atoms with Gasteiger partial charge in [-0.1, -0.05) is 17.7 Å². The van der Waals surface area contributed by atoms with Crippen LogP contribution < -0.4 is 15.4 Å². The lowest BCUT2D eigenvalue weighted by atomic mass is 9.95. The maximum atomic E-state index is 12.5. The molecule has 0 fully saturated rings. The second-order valence-corrected chi connectivity index (χ2v) is 6.41. The van der Waals surface area contributed by atoms with E-state index in [1.165, 1.54) is 12.5 Å². The zero-order valence-corrected chi connectivity index (χ0v) is 14.6. The molecule has 0 radical (unpaired) electrons. The van der Waals surface area contributed by atoms with E-state index in [4.69, 9.17) is 9.15 Å². The number of hydrogen-bond acceptors (Lipinski definition) is 4. The molecule has 0 aliphatic carbocycles. The molecule has 0 spiro atoms. The number of benzene rings is 1. The number of fused-ring (bicyclic) bond motifs is 1. The molecule has 6 heteroatoms. The molecule has 1 aromatic carbocycles. The summed E-state index contributed by atoms with van der Waals surface area (Å²) in [7, 11) is 0. The lowest BCUT2D eigenvalue weighted by Gasteiger charge is -2.29. The van der Waals surface area contributed by atoms with Crippen molar-refractivity contribution in [3.05, 3.63) is 53.0 Å². The first-order valence-corrected chi connectivity index (χ1v) is 8.33. The quantitative estimate of drug-likeness (QED) is 0.895. The van der Waals surface area contributed by atoms with Crippen molar-refractivity contribution in [1.29, 1.82) is 0 Å². The van der Waals surface area contributed by atoms with Gasteiger partial charge < -0.3 is 19.8 Å². The summed E-state index contributed by atoms with van der Waals surface area (Å²) in [4.78, 5) is 24.5. The van der Waals surface area contributed by atoms with Gasteiger partial charge in [-0.3, -0.25) is 9.59 Å². The Balaban J connectivity index is 1.69. The number of nitrogens with one attached hydrogen (secondary N) is 2. The normalized spacial score (nSPS) is 17.2. The van der Waals surface area contributed by atoms with E-state index in [1.54, 1.807) is 13.0 Å². The maximum absolute atomic E-state index is 12.5. The second kappa shape index (κ2) is 7.01. The van der Waals surface area contributed by atoms with Gasteiger partial charge in [0.05, 0.1) is 24.5 Å². The molecule has 132 valence electrons. The maximum Gasteiger partial charge on any atom is 0.255 e. The van der Waals surface area contributed by atoms with Gasteiger partial charge in [0, 0.05) is 12.0 Å². The lowest BCUT2D eigenvalue weighted by Crippen LogP contribution is -2.46. The Morgan fingerprint density at radius 2 is 2.08 bits per heavy atom. The van der Waals surface area contributed by atoms with Gasteiger partial charge in [-0.05, 0) is 32.4 Å². The summed E-state index contributed by atoms with van der Waals surface area (Å²) >= 11 is 0. The van der Waals surface area contributed by atoms with Gasteiger partial charge in [-0.2, -0.15) is 0 Å². The smallest absolute Gasteiger partial charge is 0.255 e. The summed E-state index contributed by atoms with van der Waals surface area (Å²) in [6, 6.07) is 4.89. The highest BCUT2D eigenvalue weighted by atomic mass is 16.5. The fourth-order valence-corrected chi connectivity index (χ4v) is 3.06. The van der Waals surface area contributed by atoms with Crippen LogP contribution >= 0.6 is 0 Å². The van der Waals surface area contributed by atoms with Crippen LogP contribution in [0.15, 0.2) is 35.1 Å². The predicted octanol–water partition coefficient (Wildman–Crippen LogP) is 2.65. The average molecular weight is 342 g/mol. The average Bonchev–Trinajstić information content (AvgIpc) is 3.10. The third kappa shape index (κ3) is 3.68. The van der Waals surface area contributed by atoms with Crippen LogP contribution in [-0.4, -0.2) is 24.5 Å². The van der Waals surface area contributed by atoms with Crippen molar-refractivity contribution in [1.82, 2.24) is 10.6 Å². The van der Waals surface area contributed by atoms with E-state index in [9.17, 15) is 9.59 Å². The van der Waals surface area contributed by atoms with Crippen molar-refractivity contribution in [3.63, 3.8) is 0 Å². The third-order valence-electron chi connectivity index (χ3n) is 4.32. The van der Waals surface area contributed by atoms with Crippen LogP contribution in [0.5, 0.6) is 5.75 Å². The Morgan fingerprint density at radius 3 is 2.80 bits per heavy atom. The molecule has 3 rings (SSSR count). The summed E-state index contributed by atoms with van der Waals surface area (Å²) in [6.07, 6.45) is 3.47. The number of ether oxygens (including phenoxy) is 1. The van der Waals surface area contributed by atoms with Crippen molar-refractivity contribution in [2.75, 3.05) is 6.61 Å². The number of hydrogen-bond donors (Lipinski definition) is 2. The first-order chi connectivity index (χ1) is 12.0. The molecule has 2 N–H and O–H groups in total. The molecule has 1 aliphatic heterocycles. The number of amides is 2. The second-order valence-electron chi connectivity index (χ2n) is 6.41. The molecular formula is C19H22N2O4. The van der Waals surface area contributed by atoms with Crippen molar-refractivity contribution < 1.29 is 18.7 Å². The van der Waals surface area contributed by atoms with Crippen LogP contribution in [0.4, 0.5) is 0 Å². The molecule has 2 aromatic rings. The summed E-state index contributed by atoms with van der Waals surface area (Å²) in [5.41, 5.74) is 3.57. The SMILES string of the molecule is Cc1cc(C)c2c(c1)[C@@H](NC(=O)[C@@H](C)NC(=O)c1ccoc1)CCO2. The molecule has 2 atom stereocenters. The Labute approximate surface area is 146 Å². The molecule has 2 heterocycles. The fourth-order valence-electron chi connectivity index (χ4n) is 3.06. The van der Waals surface area contributed by atoms with E-state index in [0.29, 0.717) is 18.6 Å². The van der Waals surface area contributed by atoms with E-state index in [1.807, 2.05) is 19.9 Å². The number of aryl methyl sites for hydroxylation is 2. The van der Waals surface area contributed by atoms with Crippen LogP contribution in [-0.2, 0) is 4.79 Å². The highest BCUT2D eigenvalue weighted by Crippen LogP contribution is 2.35. The van der Waals surface area contributed by atoms with Crippen molar-refractivity contribution in [2.45, 2.75) is 39.3 Å². The minimum atomic E-state index is -0.653. The number of carbonyl (C=O) groups excluding carboxylic acids is 2. The van der Waals surface area contributed by atoms with Crippen LogP contribution in [0, 0.1) is 13.8 Å². The van der Waals surface area contributed by atoms with Gasteiger partial charge in [0.25, 0.3) is 5.91 Å². The largest absolute Gasteiger partial charge is 0.493 e. The van der Waals surface area contributed by atoms with Crippen LogP contribution in [0.2, 0.25) is 0 Å². The fraction of sp³-hybridized carbons (Fsp3) is 0.368. The number of furan rings is 1. The highest BCUT2D eigenvalue weighted by Gasteiger charge is 2.27. The van der Waals surface area contributed by atoms with E-state index in [0.717, 1.165) is 22.4 Å². The van der Waals surface area contributed by atoms with E-state index in [-0.39, 0.29) is 17.9 Å². The Bertz CT molecular complexity index is 783. The van der Waals surface area contributed by atoms with Crippen molar-refractivity contribution in [2.24, 2.45) is 0 Å². The van der Waals surface area contributed by atoms with E-state index >= 15 is 0 Å². The molecule has 0 saturated heterocycles. The summed E-state index contributed by atoms with van der Waals surface area (Å²) < 4.78 is 10.6. The molecule has 2 amide bonds. The molecular weight excluding hydrogens is 320 g/mol. The van der Waals surface area contributed by atoms with Crippen LogP contribution in [0.3, 0.4) is 0 Å².